The summed E-state index contributed by atoms with van der Waals surface area (Å²) in [4.78, 5) is 37.0. The number of carbonyl (C=O) groups is 2. The van der Waals surface area contributed by atoms with Crippen molar-refractivity contribution < 1.29 is 14.3 Å². The maximum absolute atomic E-state index is 13.2. The Hall–Kier alpha value is -3.65. The van der Waals surface area contributed by atoms with Gasteiger partial charge in [0.2, 0.25) is 5.91 Å². The Balaban J connectivity index is 1.62. The third-order valence-electron chi connectivity index (χ3n) is 6.01. The molecule has 2 aromatic rings. The second-order valence-corrected chi connectivity index (χ2v) is 9.71. The lowest BCUT2D eigenvalue weighted by molar-refractivity contribution is -0.138. The Morgan fingerprint density at radius 3 is 2.67 bits per heavy atom. The van der Waals surface area contributed by atoms with E-state index in [0.29, 0.717) is 23.7 Å². The molecule has 0 saturated heterocycles. The maximum Gasteiger partial charge on any atom is 0.338 e. The molecule has 2 aliphatic rings. The average Bonchev–Trinajstić information content (AvgIpc) is 3.27. The Morgan fingerprint density at radius 1 is 1.22 bits per heavy atom. The largest absolute Gasteiger partial charge is 0.458 e. The van der Waals surface area contributed by atoms with E-state index in [9.17, 15) is 9.59 Å². The van der Waals surface area contributed by atoms with E-state index in [4.69, 9.17) is 9.73 Å². The Morgan fingerprint density at radius 2 is 2.00 bits per heavy atom. The first-order valence-electron chi connectivity index (χ1n) is 11.9. The highest BCUT2D eigenvalue weighted by Crippen LogP contribution is 2.45. The molecule has 8 heteroatoms. The van der Waals surface area contributed by atoms with Crippen molar-refractivity contribution in [3.8, 4) is 0 Å². The quantitative estimate of drug-likeness (QED) is 0.374. The smallest absolute Gasteiger partial charge is 0.338 e. The van der Waals surface area contributed by atoms with Gasteiger partial charge in [0.25, 0.3) is 0 Å². The second-order valence-electron chi connectivity index (χ2n) is 8.88. The third-order valence-corrected chi connectivity index (χ3v) is 6.89. The third kappa shape index (κ3) is 5.60. The zero-order chi connectivity index (χ0) is 25.7. The van der Waals surface area contributed by atoms with Crippen LogP contribution < -0.4 is 5.32 Å². The topological polar surface area (TPSA) is 83.9 Å². The predicted molar refractivity (Wildman–Crippen MR) is 143 cm³/mol. The molecule has 1 N–H and O–H groups in total. The van der Waals surface area contributed by atoms with Gasteiger partial charge < -0.3 is 15.0 Å². The highest BCUT2D eigenvalue weighted by molar-refractivity contribution is 8.16. The molecule has 0 bridgehead atoms. The molecule has 0 aliphatic carbocycles. The molecular weight excluding hydrogens is 472 g/mol. The summed E-state index contributed by atoms with van der Waals surface area (Å²) in [6.07, 6.45) is 3.39. The molecule has 7 nitrogen and oxygen atoms in total. The summed E-state index contributed by atoms with van der Waals surface area (Å²) in [6, 6.07) is 13.4. The molecule has 1 aromatic heterocycles. The van der Waals surface area contributed by atoms with Gasteiger partial charge in [0, 0.05) is 11.9 Å². The van der Waals surface area contributed by atoms with Crippen molar-refractivity contribution in [1.82, 2.24) is 15.2 Å². The number of carbonyl (C=O) groups excluding carboxylic acids is 2. The number of pyridine rings is 1. The highest BCUT2D eigenvalue weighted by Gasteiger charge is 2.41. The summed E-state index contributed by atoms with van der Waals surface area (Å²) in [5.74, 6) is -0.189. The molecule has 3 heterocycles. The van der Waals surface area contributed by atoms with Gasteiger partial charge in [-0.1, -0.05) is 68.6 Å². The number of benzene rings is 1. The molecule has 0 spiro atoms. The van der Waals surface area contributed by atoms with E-state index in [1.807, 2.05) is 47.6 Å². The summed E-state index contributed by atoms with van der Waals surface area (Å²) >= 11 is 1.45. The number of aliphatic imine (C=N–C) groups is 1. The van der Waals surface area contributed by atoms with E-state index in [1.165, 1.54) is 17.3 Å². The lowest BCUT2D eigenvalue weighted by atomic mass is 9.92. The van der Waals surface area contributed by atoms with Gasteiger partial charge in [-0.15, -0.1) is 0 Å². The Bertz CT molecular complexity index is 1230. The van der Waals surface area contributed by atoms with Gasteiger partial charge in [-0.05, 0) is 41.5 Å². The number of rotatable bonds is 9. The number of nitrogens with one attached hydrogen (secondary N) is 1. The zero-order valence-electron chi connectivity index (χ0n) is 20.7. The Labute approximate surface area is 216 Å². The molecule has 36 heavy (non-hydrogen) atoms. The van der Waals surface area contributed by atoms with Crippen LogP contribution in [0.2, 0.25) is 0 Å². The lowest BCUT2D eigenvalue weighted by Gasteiger charge is -2.36. The van der Waals surface area contributed by atoms with Crippen LogP contribution in [0.25, 0.3) is 0 Å². The van der Waals surface area contributed by atoms with Crippen molar-refractivity contribution >= 4 is 28.8 Å². The monoisotopic (exact) mass is 502 g/mol. The van der Waals surface area contributed by atoms with Crippen molar-refractivity contribution in [2.75, 3.05) is 6.61 Å². The van der Waals surface area contributed by atoms with E-state index in [2.05, 4.69) is 42.9 Å². The number of hydrogen-bond donors (Lipinski definition) is 1. The van der Waals surface area contributed by atoms with Crippen molar-refractivity contribution in [3.63, 3.8) is 0 Å². The number of amidine groups is 1. The van der Waals surface area contributed by atoms with Crippen LogP contribution in [0.5, 0.6) is 0 Å². The number of allylic oxidation sites excluding steroid dienone is 1. The first-order valence-corrected chi connectivity index (χ1v) is 12.8. The molecule has 2 aliphatic heterocycles. The van der Waals surface area contributed by atoms with Gasteiger partial charge in [0.1, 0.15) is 6.61 Å². The maximum atomic E-state index is 13.2. The van der Waals surface area contributed by atoms with Crippen LogP contribution in [0.3, 0.4) is 0 Å². The van der Waals surface area contributed by atoms with E-state index in [-0.39, 0.29) is 18.9 Å². The van der Waals surface area contributed by atoms with E-state index in [1.54, 1.807) is 12.3 Å². The fourth-order valence-electron chi connectivity index (χ4n) is 4.14. The van der Waals surface area contributed by atoms with E-state index in [0.717, 1.165) is 22.1 Å². The fourth-order valence-corrected chi connectivity index (χ4v) is 5.10. The zero-order valence-corrected chi connectivity index (χ0v) is 21.5. The molecule has 0 radical (unpaired) electrons. The van der Waals surface area contributed by atoms with Crippen LogP contribution in [-0.2, 0) is 20.9 Å². The normalized spacial score (nSPS) is 16.9. The molecule has 4 rings (SSSR count). The molecule has 0 fully saturated rings. The van der Waals surface area contributed by atoms with Crippen molar-refractivity contribution in [2.24, 2.45) is 4.99 Å². The Kier molecular flexibility index (Phi) is 8.05. The first kappa shape index (κ1) is 25.4. The van der Waals surface area contributed by atoms with Gasteiger partial charge in [-0.25, -0.2) is 9.79 Å². The number of ether oxygens (including phenoxy) is 1. The minimum atomic E-state index is -0.458. The fraction of sp³-hybridized carbons (Fsp3) is 0.286. The second kappa shape index (κ2) is 11.4. The van der Waals surface area contributed by atoms with Gasteiger partial charge >= 0.3 is 5.97 Å². The summed E-state index contributed by atoms with van der Waals surface area (Å²) < 4.78 is 5.44. The summed E-state index contributed by atoms with van der Waals surface area (Å²) in [5, 5.41) is 5.60. The van der Waals surface area contributed by atoms with Gasteiger partial charge in [-0.2, -0.15) is 0 Å². The van der Waals surface area contributed by atoms with Gasteiger partial charge in [0.05, 0.1) is 36.0 Å². The van der Waals surface area contributed by atoms with Crippen molar-refractivity contribution in [1.29, 1.82) is 0 Å². The number of nitrogens with zero attached hydrogens (tertiary/aromatic N) is 3. The van der Waals surface area contributed by atoms with Crippen LogP contribution in [-0.4, -0.2) is 33.5 Å². The van der Waals surface area contributed by atoms with Crippen LogP contribution in [0.15, 0.2) is 88.7 Å². The van der Waals surface area contributed by atoms with Crippen LogP contribution in [0, 0.1) is 0 Å². The first-order chi connectivity index (χ1) is 17.4. The number of thioether (sulfide) groups is 1. The number of amides is 1. The molecular formula is C28H30N4O3S. The summed E-state index contributed by atoms with van der Waals surface area (Å²) in [5.41, 5.74) is 4.76. The molecule has 186 valence electrons. The van der Waals surface area contributed by atoms with E-state index >= 15 is 0 Å². The van der Waals surface area contributed by atoms with Gasteiger partial charge in [0.15, 0.2) is 5.17 Å². The minimum Gasteiger partial charge on any atom is -0.458 e. The van der Waals surface area contributed by atoms with Crippen molar-refractivity contribution in [2.45, 2.75) is 45.7 Å². The number of esters is 1. The molecule has 1 atom stereocenters. The van der Waals surface area contributed by atoms with Crippen molar-refractivity contribution in [3.05, 3.63) is 101 Å². The predicted octanol–water partition coefficient (Wildman–Crippen LogP) is 5.22. The number of fused-ring (bicyclic) bond motifs is 1. The lowest BCUT2D eigenvalue weighted by Crippen LogP contribution is -2.38. The highest BCUT2D eigenvalue weighted by atomic mass is 32.2. The number of hydrogen-bond acceptors (Lipinski definition) is 7. The molecule has 0 unspecified atom stereocenters. The average molecular weight is 503 g/mol. The van der Waals surface area contributed by atoms with Crippen LogP contribution >= 0.6 is 11.8 Å². The van der Waals surface area contributed by atoms with Crippen LogP contribution in [0.1, 0.15) is 56.0 Å². The standard InChI is InChI=1S/C28H30N4O3S/c1-5-14-35-27(34)25-19(4)31-28-32(26(25)21-11-9-20(10-12-21)18(2)3)23(17-36-28)15-24(33)30-16-22-8-6-7-13-29-22/h5-13,17-18,26H,1,14-16H2,2-4H3,(H,30,33)/t26-/m0/s1. The van der Waals surface area contributed by atoms with Crippen LogP contribution in [0.4, 0.5) is 0 Å². The minimum absolute atomic E-state index is 0.110. The summed E-state index contributed by atoms with van der Waals surface area (Å²) in [7, 11) is 0. The number of aromatic nitrogens is 1. The van der Waals surface area contributed by atoms with E-state index < -0.39 is 12.0 Å². The molecule has 1 amide bonds. The van der Waals surface area contributed by atoms with Gasteiger partial charge in [-0.3, -0.25) is 9.78 Å². The molecule has 1 aromatic carbocycles. The SMILES string of the molecule is C=CCOC(=O)C1=C(C)N=C2SC=C(CC(=O)NCc3ccccn3)N2[C@H]1c1ccc(C(C)C)cc1. The summed E-state index contributed by atoms with van der Waals surface area (Å²) in [6.45, 7) is 10.2. The molecule has 0 saturated carbocycles.